The van der Waals surface area contributed by atoms with Crippen molar-refractivity contribution in [1.82, 2.24) is 21.3 Å². The highest BCUT2D eigenvalue weighted by Gasteiger charge is 2.52. The summed E-state index contributed by atoms with van der Waals surface area (Å²) in [6.45, 7) is 3.97. The molecular weight excluding hydrogens is 471 g/mol. The molecule has 0 saturated carbocycles. The second-order valence-electron chi connectivity index (χ2n) is 8.93. The van der Waals surface area contributed by atoms with Crippen molar-refractivity contribution < 1.29 is 27.5 Å². The number of ether oxygens (including phenoxy) is 1. The Bertz CT molecular complexity index is 1030. The first-order valence-corrected chi connectivity index (χ1v) is 12.2. The molecule has 3 amide bonds. The highest BCUT2D eigenvalue weighted by Crippen LogP contribution is 2.48. The van der Waals surface area contributed by atoms with E-state index in [0.29, 0.717) is 34.8 Å². The van der Waals surface area contributed by atoms with Gasteiger partial charge in [0.25, 0.3) is 5.91 Å². The summed E-state index contributed by atoms with van der Waals surface area (Å²) in [7, 11) is 0. The van der Waals surface area contributed by atoms with Crippen LogP contribution < -0.4 is 30.9 Å². The third-order valence-corrected chi connectivity index (χ3v) is 8.00. The summed E-state index contributed by atoms with van der Waals surface area (Å²) < 4.78 is 41.8. The van der Waals surface area contributed by atoms with Crippen molar-refractivity contribution in [2.24, 2.45) is 5.92 Å². The molecule has 4 N–H and O–H groups in total. The van der Waals surface area contributed by atoms with Crippen LogP contribution in [0.25, 0.3) is 0 Å². The summed E-state index contributed by atoms with van der Waals surface area (Å²) in [5, 5.41) is 12.7. The molecule has 0 bridgehead atoms. The number of aryl methyl sites for hydroxylation is 1. The summed E-state index contributed by atoms with van der Waals surface area (Å²) in [5.41, 5.74) is 1.64. The van der Waals surface area contributed by atoms with Crippen molar-refractivity contribution in [3.63, 3.8) is 0 Å². The predicted molar refractivity (Wildman–Crippen MR) is 121 cm³/mol. The van der Waals surface area contributed by atoms with Gasteiger partial charge in [0.15, 0.2) is 0 Å². The lowest BCUT2D eigenvalue weighted by Crippen LogP contribution is -2.62. The molecule has 8 nitrogen and oxygen atoms in total. The van der Waals surface area contributed by atoms with Gasteiger partial charge in [-0.3, -0.25) is 9.69 Å². The minimum Gasteiger partial charge on any atom is -0.406 e. The van der Waals surface area contributed by atoms with E-state index in [-0.39, 0.29) is 35.0 Å². The fourth-order valence-electron chi connectivity index (χ4n) is 5.22. The fraction of sp³-hybridized carbons (Fsp3) is 0.545. The second-order valence-corrected chi connectivity index (χ2v) is 10.1. The van der Waals surface area contributed by atoms with Gasteiger partial charge in [-0.1, -0.05) is 11.8 Å². The molecule has 3 saturated heterocycles. The van der Waals surface area contributed by atoms with Gasteiger partial charge < -0.3 is 26.0 Å². The number of rotatable bonds is 4. The summed E-state index contributed by atoms with van der Waals surface area (Å²) in [6, 6.07) is 3.41. The van der Waals surface area contributed by atoms with Gasteiger partial charge in [0.2, 0.25) is 0 Å². The fourth-order valence-corrected chi connectivity index (χ4v) is 6.62. The normalized spacial score (nSPS) is 28.9. The van der Waals surface area contributed by atoms with Crippen LogP contribution in [0.4, 0.5) is 23.7 Å². The molecular formula is C22H26F3N5O3S. The quantitative estimate of drug-likeness (QED) is 0.511. The molecule has 0 radical (unpaired) electrons. The summed E-state index contributed by atoms with van der Waals surface area (Å²) in [6.07, 6.45) is -2.23. The van der Waals surface area contributed by atoms with Gasteiger partial charge in [0.05, 0.1) is 16.3 Å². The largest absolute Gasteiger partial charge is 0.573 e. The average Bonchev–Trinajstić information content (AvgIpc) is 3.14. The molecule has 0 aromatic heterocycles. The topological polar surface area (TPSA) is 94.7 Å². The molecule has 4 unspecified atom stereocenters. The Morgan fingerprint density at radius 3 is 2.79 bits per heavy atom. The van der Waals surface area contributed by atoms with E-state index < -0.39 is 12.4 Å². The number of nitrogens with zero attached hydrogens (tertiary/aromatic N) is 1. The number of benzene rings is 1. The molecule has 4 aliphatic rings. The molecule has 3 fully saturated rings. The van der Waals surface area contributed by atoms with Crippen molar-refractivity contribution in [3.8, 4) is 5.75 Å². The first-order chi connectivity index (χ1) is 16.2. The smallest absolute Gasteiger partial charge is 0.406 e. The van der Waals surface area contributed by atoms with Gasteiger partial charge in [-0.2, -0.15) is 0 Å². The Balaban J connectivity index is 1.41. The van der Waals surface area contributed by atoms with E-state index in [1.54, 1.807) is 11.8 Å². The molecule has 1 aromatic carbocycles. The number of amides is 3. The summed E-state index contributed by atoms with van der Waals surface area (Å²) in [4.78, 5) is 28.5. The van der Waals surface area contributed by atoms with Gasteiger partial charge in [-0.15, -0.1) is 13.2 Å². The Hall–Kier alpha value is -2.44. The van der Waals surface area contributed by atoms with Crippen LogP contribution >= 0.6 is 11.8 Å². The zero-order valence-electron chi connectivity index (χ0n) is 18.5. The molecule has 4 atom stereocenters. The lowest BCUT2D eigenvalue weighted by atomic mass is 9.86. The lowest BCUT2D eigenvalue weighted by molar-refractivity contribution is -0.274. The number of halogens is 3. The Labute approximate surface area is 199 Å². The third kappa shape index (κ3) is 4.46. The number of hydrogen-bond acceptors (Lipinski definition) is 6. The highest BCUT2D eigenvalue weighted by atomic mass is 32.2. The minimum atomic E-state index is -4.79. The molecule has 0 aliphatic carbocycles. The van der Waals surface area contributed by atoms with Crippen molar-refractivity contribution in [2.45, 2.75) is 50.0 Å². The molecule has 4 aliphatic heterocycles. The van der Waals surface area contributed by atoms with Crippen LogP contribution in [0.1, 0.15) is 24.8 Å². The van der Waals surface area contributed by atoms with Crippen LogP contribution in [0.5, 0.6) is 5.75 Å². The van der Waals surface area contributed by atoms with Gasteiger partial charge in [0, 0.05) is 29.9 Å². The number of alkyl halides is 3. The van der Waals surface area contributed by atoms with E-state index in [4.69, 9.17) is 0 Å². The number of hydrogen-bond donors (Lipinski definition) is 4. The molecule has 34 heavy (non-hydrogen) atoms. The van der Waals surface area contributed by atoms with Crippen LogP contribution in [0.3, 0.4) is 0 Å². The van der Waals surface area contributed by atoms with Gasteiger partial charge in [-0.05, 0) is 63.0 Å². The number of carbonyl (C=O) groups is 2. The van der Waals surface area contributed by atoms with Crippen molar-refractivity contribution >= 4 is 29.4 Å². The maximum absolute atomic E-state index is 13.3. The molecule has 184 valence electrons. The van der Waals surface area contributed by atoms with Crippen LogP contribution in [0.2, 0.25) is 0 Å². The van der Waals surface area contributed by atoms with Crippen LogP contribution in [-0.2, 0) is 4.79 Å². The average molecular weight is 498 g/mol. The monoisotopic (exact) mass is 497 g/mol. The van der Waals surface area contributed by atoms with Gasteiger partial charge in [0.1, 0.15) is 5.75 Å². The number of urea groups is 1. The van der Waals surface area contributed by atoms with Crippen LogP contribution in [-0.4, -0.2) is 55.4 Å². The second kappa shape index (κ2) is 8.97. The van der Waals surface area contributed by atoms with E-state index in [9.17, 15) is 22.8 Å². The summed E-state index contributed by atoms with van der Waals surface area (Å²) in [5.74, 6) is -0.642. The molecule has 4 heterocycles. The van der Waals surface area contributed by atoms with Crippen molar-refractivity contribution in [2.75, 3.05) is 24.5 Å². The SMILES string of the molecule is Cc1cc(OC(F)(F)F)ccc1N1C(=O)NC2=C(C(=O)NC3CCCNC3)SC3NCCC1C23. The van der Waals surface area contributed by atoms with E-state index in [0.717, 1.165) is 25.9 Å². The number of nitrogens with one attached hydrogen (secondary N) is 4. The van der Waals surface area contributed by atoms with Crippen LogP contribution in [0.15, 0.2) is 28.8 Å². The zero-order chi connectivity index (χ0) is 24.0. The standard InChI is InChI=1S/C22H26F3N5O3S/c1-11-9-13(33-22(23,24)25)4-5-14(11)30-15-6-8-27-20-16(15)17(29-21(30)32)18(34-20)19(31)28-12-3-2-7-26-10-12/h4-5,9,12,15-16,20,26-27H,2-3,6-8,10H2,1H3,(H,28,31)(H,29,32). The van der Waals surface area contributed by atoms with E-state index in [2.05, 4.69) is 26.0 Å². The first-order valence-electron chi connectivity index (χ1n) is 11.3. The van der Waals surface area contributed by atoms with Gasteiger partial charge in [-0.25, -0.2) is 4.79 Å². The maximum atomic E-state index is 13.3. The Kier molecular flexibility index (Phi) is 6.15. The van der Waals surface area contributed by atoms with Gasteiger partial charge >= 0.3 is 12.4 Å². The molecule has 12 heteroatoms. The molecule has 1 aromatic rings. The minimum absolute atomic E-state index is 0.0530. The zero-order valence-corrected chi connectivity index (χ0v) is 19.3. The Morgan fingerprint density at radius 1 is 1.26 bits per heavy atom. The van der Waals surface area contributed by atoms with Crippen LogP contribution in [0, 0.1) is 12.8 Å². The van der Waals surface area contributed by atoms with Crippen molar-refractivity contribution in [1.29, 1.82) is 0 Å². The number of anilines is 1. The number of carbonyl (C=O) groups excluding carboxylic acids is 2. The lowest BCUT2D eigenvalue weighted by Gasteiger charge is -2.46. The highest BCUT2D eigenvalue weighted by molar-refractivity contribution is 8.04. The number of thioether (sulfide) groups is 1. The Morgan fingerprint density at radius 2 is 2.09 bits per heavy atom. The van der Waals surface area contributed by atoms with Crippen molar-refractivity contribution in [3.05, 3.63) is 34.4 Å². The number of piperidine rings is 2. The van der Waals surface area contributed by atoms with E-state index in [1.165, 1.54) is 30.0 Å². The third-order valence-electron chi connectivity index (χ3n) is 6.64. The summed E-state index contributed by atoms with van der Waals surface area (Å²) >= 11 is 1.43. The maximum Gasteiger partial charge on any atom is 0.573 e. The molecule has 0 spiro atoms. The predicted octanol–water partition coefficient (Wildman–Crippen LogP) is 2.55. The van der Waals surface area contributed by atoms with E-state index in [1.807, 2.05) is 0 Å². The molecule has 5 rings (SSSR count). The van der Waals surface area contributed by atoms with E-state index >= 15 is 0 Å². The first kappa shape index (κ1) is 23.3.